The number of rotatable bonds is 1. The van der Waals surface area contributed by atoms with Crippen LogP contribution in [0.25, 0.3) is 10.2 Å². The summed E-state index contributed by atoms with van der Waals surface area (Å²) in [5, 5.41) is 9.78. The molecule has 0 aromatic carbocycles. The first kappa shape index (κ1) is 10.9. The van der Waals surface area contributed by atoms with Crippen LogP contribution in [0.3, 0.4) is 0 Å². The summed E-state index contributed by atoms with van der Waals surface area (Å²) in [6.45, 7) is 5.83. The second-order valence-corrected chi connectivity index (χ2v) is 4.78. The number of fused-ring (bicyclic) bond motifs is 1. The molecule has 2 aromatic rings. The normalized spacial score (nSPS) is 10.9. The Bertz CT molecular complexity index is 602. The Balaban J connectivity index is 2.93. The molecule has 2 heterocycles. The fourth-order valence-electron chi connectivity index (χ4n) is 1.73. The summed E-state index contributed by atoms with van der Waals surface area (Å²) in [5.41, 5.74) is 9.18. The Morgan fingerprint density at radius 1 is 1.31 bits per heavy atom. The van der Waals surface area contributed by atoms with E-state index in [1.54, 1.807) is 0 Å². The molecule has 0 unspecified atom stereocenters. The minimum atomic E-state index is -0.991. The van der Waals surface area contributed by atoms with Gasteiger partial charge in [-0.25, -0.2) is 9.78 Å². The maximum atomic E-state index is 11.0. The molecule has 2 aromatic heterocycles. The van der Waals surface area contributed by atoms with Crippen molar-refractivity contribution < 1.29 is 9.90 Å². The van der Waals surface area contributed by atoms with Gasteiger partial charge in [-0.3, -0.25) is 0 Å². The topological polar surface area (TPSA) is 76.2 Å². The quantitative estimate of drug-likeness (QED) is 0.797. The number of nitrogens with zero attached hydrogens (tertiary/aromatic N) is 1. The van der Waals surface area contributed by atoms with Crippen molar-refractivity contribution in [1.29, 1.82) is 0 Å². The number of nitrogens with two attached hydrogens (primary N) is 1. The first-order valence-electron chi connectivity index (χ1n) is 4.82. The van der Waals surface area contributed by atoms with Crippen molar-refractivity contribution in [1.82, 2.24) is 4.98 Å². The Morgan fingerprint density at radius 3 is 2.50 bits per heavy atom. The number of carbonyl (C=O) groups is 1. The van der Waals surface area contributed by atoms with E-state index in [0.717, 1.165) is 33.5 Å². The molecule has 0 aliphatic carbocycles. The lowest BCUT2D eigenvalue weighted by Gasteiger charge is -2.05. The molecule has 0 spiro atoms. The Hall–Kier alpha value is -1.62. The molecule has 16 heavy (non-hydrogen) atoms. The molecule has 0 amide bonds. The third-order valence-corrected chi connectivity index (χ3v) is 3.96. The van der Waals surface area contributed by atoms with Crippen molar-refractivity contribution >= 4 is 33.2 Å². The lowest BCUT2D eigenvalue weighted by Crippen LogP contribution is -1.98. The van der Waals surface area contributed by atoms with E-state index in [2.05, 4.69) is 4.98 Å². The van der Waals surface area contributed by atoms with Crippen molar-refractivity contribution in [3.63, 3.8) is 0 Å². The Labute approximate surface area is 96.7 Å². The summed E-state index contributed by atoms with van der Waals surface area (Å²) in [6.07, 6.45) is 0. The monoisotopic (exact) mass is 236 g/mol. The van der Waals surface area contributed by atoms with Gasteiger partial charge in [-0.1, -0.05) is 0 Å². The molecule has 0 radical (unpaired) electrons. The van der Waals surface area contributed by atoms with E-state index in [4.69, 9.17) is 10.8 Å². The summed E-state index contributed by atoms with van der Waals surface area (Å²) in [4.78, 5) is 16.2. The molecular formula is C11H12N2O2S. The maximum Gasteiger partial charge on any atom is 0.348 e. The van der Waals surface area contributed by atoms with Crippen LogP contribution in [0.15, 0.2) is 0 Å². The molecule has 0 bridgehead atoms. The van der Waals surface area contributed by atoms with Gasteiger partial charge in [0, 0.05) is 11.1 Å². The van der Waals surface area contributed by atoms with Crippen molar-refractivity contribution in [2.75, 3.05) is 5.73 Å². The number of hydrogen-bond donors (Lipinski definition) is 2. The molecule has 0 atom stereocenters. The predicted octanol–water partition coefficient (Wildman–Crippen LogP) is 2.50. The van der Waals surface area contributed by atoms with Crippen molar-refractivity contribution in [3.8, 4) is 0 Å². The molecule has 0 saturated heterocycles. The zero-order chi connectivity index (χ0) is 12.0. The minimum absolute atomic E-state index is 0.176. The average Bonchev–Trinajstić information content (AvgIpc) is 2.52. The number of aromatic nitrogens is 1. The highest BCUT2D eigenvalue weighted by Crippen LogP contribution is 2.36. The van der Waals surface area contributed by atoms with Gasteiger partial charge in [-0.2, -0.15) is 0 Å². The number of pyridine rings is 1. The first-order valence-corrected chi connectivity index (χ1v) is 5.64. The molecule has 0 fully saturated rings. The van der Waals surface area contributed by atoms with Crippen molar-refractivity contribution in [3.05, 3.63) is 21.7 Å². The summed E-state index contributed by atoms with van der Waals surface area (Å²) < 4.78 is 0. The number of anilines is 1. The number of aromatic carboxylic acids is 1. The molecule has 0 aliphatic rings. The van der Waals surface area contributed by atoms with E-state index in [0.29, 0.717) is 10.5 Å². The fourth-order valence-corrected chi connectivity index (χ4v) is 2.77. The highest BCUT2D eigenvalue weighted by Gasteiger charge is 2.19. The molecule has 0 aliphatic heterocycles. The third kappa shape index (κ3) is 1.36. The second kappa shape index (κ2) is 3.45. The van der Waals surface area contributed by atoms with E-state index in [-0.39, 0.29) is 4.88 Å². The maximum absolute atomic E-state index is 11.0. The summed E-state index contributed by atoms with van der Waals surface area (Å²) in [6, 6.07) is 0. The standard InChI is InChI=1S/C11H12N2O2S/c1-4-5(2)7-8(12)9(11(14)15)16-10(7)13-6(4)3/h12H2,1-3H3,(H,14,15). The van der Waals surface area contributed by atoms with Crippen LogP contribution in [0, 0.1) is 20.8 Å². The van der Waals surface area contributed by atoms with Gasteiger partial charge in [0.2, 0.25) is 0 Å². The van der Waals surface area contributed by atoms with Crippen LogP contribution in [0.2, 0.25) is 0 Å². The molecule has 4 nitrogen and oxygen atoms in total. The number of hydrogen-bond acceptors (Lipinski definition) is 4. The van der Waals surface area contributed by atoms with E-state index < -0.39 is 5.97 Å². The number of thiophene rings is 1. The summed E-state index contributed by atoms with van der Waals surface area (Å²) in [5.74, 6) is -0.991. The van der Waals surface area contributed by atoms with Crippen LogP contribution in [0.1, 0.15) is 26.5 Å². The van der Waals surface area contributed by atoms with Gasteiger partial charge in [0.1, 0.15) is 9.71 Å². The minimum Gasteiger partial charge on any atom is -0.477 e. The molecule has 3 N–H and O–H groups in total. The predicted molar refractivity (Wildman–Crippen MR) is 65.2 cm³/mol. The smallest absolute Gasteiger partial charge is 0.348 e. The number of nitrogen functional groups attached to an aromatic ring is 1. The Kier molecular flexibility index (Phi) is 2.35. The van der Waals surface area contributed by atoms with Gasteiger partial charge >= 0.3 is 5.97 Å². The SMILES string of the molecule is Cc1nc2sc(C(=O)O)c(N)c2c(C)c1C. The van der Waals surface area contributed by atoms with Gasteiger partial charge in [0.25, 0.3) is 0 Å². The second-order valence-electron chi connectivity index (χ2n) is 3.78. The Morgan fingerprint density at radius 2 is 1.94 bits per heavy atom. The van der Waals surface area contributed by atoms with Gasteiger partial charge in [0.05, 0.1) is 5.69 Å². The van der Waals surface area contributed by atoms with Crippen LogP contribution in [-0.2, 0) is 0 Å². The van der Waals surface area contributed by atoms with Gasteiger partial charge < -0.3 is 10.8 Å². The summed E-state index contributed by atoms with van der Waals surface area (Å²) >= 11 is 1.13. The average molecular weight is 236 g/mol. The van der Waals surface area contributed by atoms with Crippen LogP contribution in [-0.4, -0.2) is 16.1 Å². The third-order valence-electron chi connectivity index (χ3n) is 2.87. The van der Waals surface area contributed by atoms with Crippen LogP contribution in [0.5, 0.6) is 0 Å². The lowest BCUT2D eigenvalue weighted by atomic mass is 10.1. The number of carboxylic acids is 1. The van der Waals surface area contributed by atoms with Crippen molar-refractivity contribution in [2.24, 2.45) is 0 Å². The van der Waals surface area contributed by atoms with Crippen LogP contribution >= 0.6 is 11.3 Å². The zero-order valence-corrected chi connectivity index (χ0v) is 10.1. The molecular weight excluding hydrogens is 224 g/mol. The van der Waals surface area contributed by atoms with Gasteiger partial charge in [0.15, 0.2) is 0 Å². The molecule has 2 rings (SSSR count). The fraction of sp³-hybridized carbons (Fsp3) is 0.273. The van der Waals surface area contributed by atoms with E-state index >= 15 is 0 Å². The molecule has 84 valence electrons. The van der Waals surface area contributed by atoms with E-state index in [1.165, 1.54) is 0 Å². The largest absolute Gasteiger partial charge is 0.477 e. The summed E-state index contributed by atoms with van der Waals surface area (Å²) in [7, 11) is 0. The zero-order valence-electron chi connectivity index (χ0n) is 9.29. The highest BCUT2D eigenvalue weighted by molar-refractivity contribution is 7.21. The van der Waals surface area contributed by atoms with E-state index in [1.807, 2.05) is 20.8 Å². The van der Waals surface area contributed by atoms with Crippen LogP contribution < -0.4 is 5.73 Å². The number of aryl methyl sites for hydroxylation is 2. The lowest BCUT2D eigenvalue weighted by molar-refractivity contribution is 0.0703. The molecule has 5 heteroatoms. The van der Waals surface area contributed by atoms with E-state index in [9.17, 15) is 4.79 Å². The highest BCUT2D eigenvalue weighted by atomic mass is 32.1. The van der Waals surface area contributed by atoms with Gasteiger partial charge in [-0.15, -0.1) is 11.3 Å². The number of carboxylic acid groups (broad SMARTS) is 1. The van der Waals surface area contributed by atoms with Gasteiger partial charge in [-0.05, 0) is 31.9 Å². The molecule has 0 saturated carbocycles. The van der Waals surface area contributed by atoms with Crippen molar-refractivity contribution in [2.45, 2.75) is 20.8 Å². The van der Waals surface area contributed by atoms with Crippen LogP contribution in [0.4, 0.5) is 5.69 Å². The first-order chi connectivity index (χ1) is 7.43.